The van der Waals surface area contributed by atoms with Crippen molar-refractivity contribution in [2.45, 2.75) is 50.9 Å². The molecule has 3 nitrogen and oxygen atoms in total. The predicted octanol–water partition coefficient (Wildman–Crippen LogP) is 1.45. The van der Waals surface area contributed by atoms with Crippen molar-refractivity contribution in [1.29, 1.82) is 0 Å². The van der Waals surface area contributed by atoms with E-state index in [-0.39, 0.29) is 24.1 Å². The van der Waals surface area contributed by atoms with Crippen molar-refractivity contribution in [3.05, 3.63) is 12.7 Å². The Balaban J connectivity index is 2.44. The number of hydrogen-bond donors (Lipinski definition) is 1. The van der Waals surface area contributed by atoms with Crippen molar-refractivity contribution in [2.75, 3.05) is 0 Å². The fraction of sp³-hybridized carbons (Fsp3) is 0.727. The van der Waals surface area contributed by atoms with Crippen molar-refractivity contribution in [2.24, 2.45) is 0 Å². The molecule has 0 unspecified atom stereocenters. The fourth-order valence-corrected chi connectivity index (χ4v) is 1.88. The molecule has 1 fully saturated rings. The highest BCUT2D eigenvalue weighted by Gasteiger charge is 2.28. The third-order valence-corrected chi connectivity index (χ3v) is 2.40. The van der Waals surface area contributed by atoms with Gasteiger partial charge in [0.25, 0.3) is 0 Å². The Labute approximate surface area is 84.8 Å². The average Bonchev–Trinajstić information content (AvgIpc) is 2.01. The standard InChI is InChI=1S/C11H18O3/c1-3-4-10-6-9(13)7-11(14-10)5-8(2)12/h3,9-11,13H,1,4-7H2,2H3/t9-,10+,11-/m1/s1. The lowest BCUT2D eigenvalue weighted by Gasteiger charge is -2.32. The minimum absolute atomic E-state index is 0.0283. The van der Waals surface area contributed by atoms with E-state index in [1.807, 2.05) is 0 Å². The first-order valence-electron chi connectivity index (χ1n) is 5.05. The molecule has 1 rings (SSSR count). The van der Waals surface area contributed by atoms with Crippen LogP contribution in [0.25, 0.3) is 0 Å². The highest BCUT2D eigenvalue weighted by atomic mass is 16.5. The SMILES string of the molecule is C=CC[C@H]1C[C@@H](O)C[C@@H](CC(C)=O)O1. The smallest absolute Gasteiger partial charge is 0.132 e. The molecular formula is C11H18O3. The Morgan fingerprint density at radius 2 is 2.21 bits per heavy atom. The van der Waals surface area contributed by atoms with Gasteiger partial charge in [-0.05, 0) is 19.8 Å². The maximum absolute atomic E-state index is 10.9. The maximum atomic E-state index is 10.9. The molecule has 14 heavy (non-hydrogen) atoms. The van der Waals surface area contributed by atoms with Crippen LogP contribution in [-0.2, 0) is 9.53 Å². The van der Waals surface area contributed by atoms with Gasteiger partial charge in [-0.1, -0.05) is 6.08 Å². The molecular weight excluding hydrogens is 180 g/mol. The first-order valence-corrected chi connectivity index (χ1v) is 5.05. The van der Waals surface area contributed by atoms with Crippen molar-refractivity contribution >= 4 is 5.78 Å². The Kier molecular flexibility index (Phi) is 4.29. The van der Waals surface area contributed by atoms with Gasteiger partial charge in [-0.15, -0.1) is 6.58 Å². The lowest BCUT2D eigenvalue weighted by atomic mass is 9.96. The van der Waals surface area contributed by atoms with Crippen molar-refractivity contribution < 1.29 is 14.6 Å². The van der Waals surface area contributed by atoms with Crippen LogP contribution in [0.3, 0.4) is 0 Å². The number of rotatable bonds is 4. The number of aliphatic hydroxyl groups excluding tert-OH is 1. The summed E-state index contributed by atoms with van der Waals surface area (Å²) in [5.41, 5.74) is 0. The first-order chi connectivity index (χ1) is 6.61. The summed E-state index contributed by atoms with van der Waals surface area (Å²) in [5.74, 6) is 0.112. The largest absolute Gasteiger partial charge is 0.393 e. The molecule has 3 heteroatoms. The van der Waals surface area contributed by atoms with Crippen LogP contribution in [0.1, 0.15) is 32.6 Å². The molecule has 80 valence electrons. The van der Waals surface area contributed by atoms with Gasteiger partial charge in [-0.3, -0.25) is 4.79 Å². The molecule has 1 aliphatic rings. The fourth-order valence-electron chi connectivity index (χ4n) is 1.88. The van der Waals surface area contributed by atoms with Crippen molar-refractivity contribution in [1.82, 2.24) is 0 Å². The van der Waals surface area contributed by atoms with Crippen LogP contribution in [-0.4, -0.2) is 29.2 Å². The average molecular weight is 198 g/mol. The van der Waals surface area contributed by atoms with Crippen LogP contribution in [0, 0.1) is 0 Å². The number of ketones is 1. The second-order valence-electron chi connectivity index (χ2n) is 3.94. The van der Waals surface area contributed by atoms with Crippen LogP contribution < -0.4 is 0 Å². The Hall–Kier alpha value is -0.670. The second kappa shape index (κ2) is 5.27. The minimum atomic E-state index is -0.335. The molecule has 3 atom stereocenters. The molecule has 0 aromatic carbocycles. The molecule has 0 spiro atoms. The van der Waals surface area contributed by atoms with Crippen molar-refractivity contribution in [3.63, 3.8) is 0 Å². The van der Waals surface area contributed by atoms with E-state index in [1.54, 1.807) is 13.0 Å². The summed E-state index contributed by atoms with van der Waals surface area (Å²) >= 11 is 0. The zero-order chi connectivity index (χ0) is 10.6. The first kappa shape index (κ1) is 11.4. The van der Waals surface area contributed by atoms with Crippen LogP contribution in [0.15, 0.2) is 12.7 Å². The lowest BCUT2D eigenvalue weighted by molar-refractivity contribution is -0.128. The van der Waals surface area contributed by atoms with Gasteiger partial charge in [-0.25, -0.2) is 0 Å². The summed E-state index contributed by atoms with van der Waals surface area (Å²) in [4.78, 5) is 10.9. The number of carbonyl (C=O) groups excluding carboxylic acids is 1. The highest BCUT2D eigenvalue weighted by Crippen LogP contribution is 2.23. The molecule has 0 radical (unpaired) electrons. The molecule has 0 aliphatic carbocycles. The van der Waals surface area contributed by atoms with Gasteiger partial charge in [0.15, 0.2) is 0 Å². The Morgan fingerprint density at radius 3 is 2.79 bits per heavy atom. The number of Topliss-reactive ketones (excluding diaryl/α,β-unsaturated/α-hetero) is 1. The monoisotopic (exact) mass is 198 g/mol. The third kappa shape index (κ3) is 3.60. The molecule has 0 saturated carbocycles. The summed E-state index contributed by atoms with van der Waals surface area (Å²) in [6.45, 7) is 5.19. The zero-order valence-corrected chi connectivity index (χ0v) is 8.61. The van der Waals surface area contributed by atoms with Gasteiger partial charge in [0, 0.05) is 12.8 Å². The molecule has 0 bridgehead atoms. The molecule has 1 saturated heterocycles. The summed E-state index contributed by atoms with van der Waals surface area (Å²) < 4.78 is 5.66. The van der Waals surface area contributed by atoms with Gasteiger partial charge >= 0.3 is 0 Å². The van der Waals surface area contributed by atoms with E-state index < -0.39 is 0 Å². The highest BCUT2D eigenvalue weighted by molar-refractivity contribution is 5.75. The summed E-state index contributed by atoms with van der Waals surface area (Å²) in [7, 11) is 0. The maximum Gasteiger partial charge on any atom is 0.132 e. The van der Waals surface area contributed by atoms with Gasteiger partial charge < -0.3 is 9.84 Å². The van der Waals surface area contributed by atoms with Gasteiger partial charge in [0.1, 0.15) is 5.78 Å². The van der Waals surface area contributed by atoms with Gasteiger partial charge in [-0.2, -0.15) is 0 Å². The topological polar surface area (TPSA) is 46.5 Å². The van der Waals surface area contributed by atoms with E-state index in [0.717, 1.165) is 6.42 Å². The number of carbonyl (C=O) groups is 1. The van der Waals surface area contributed by atoms with Crippen LogP contribution in [0.5, 0.6) is 0 Å². The van der Waals surface area contributed by atoms with Crippen LogP contribution in [0.2, 0.25) is 0 Å². The Morgan fingerprint density at radius 1 is 1.57 bits per heavy atom. The van der Waals surface area contributed by atoms with Gasteiger partial charge in [0.2, 0.25) is 0 Å². The second-order valence-corrected chi connectivity index (χ2v) is 3.94. The van der Waals surface area contributed by atoms with E-state index >= 15 is 0 Å². The molecule has 1 aliphatic heterocycles. The molecule has 1 N–H and O–H groups in total. The zero-order valence-electron chi connectivity index (χ0n) is 8.61. The Bertz CT molecular complexity index is 213. The number of ether oxygens (including phenoxy) is 1. The van der Waals surface area contributed by atoms with E-state index in [0.29, 0.717) is 19.3 Å². The van der Waals surface area contributed by atoms with Gasteiger partial charge in [0.05, 0.1) is 18.3 Å². The quantitative estimate of drug-likeness (QED) is 0.695. The van der Waals surface area contributed by atoms with Crippen LogP contribution in [0.4, 0.5) is 0 Å². The van der Waals surface area contributed by atoms with E-state index in [2.05, 4.69) is 6.58 Å². The number of aliphatic hydroxyl groups is 1. The number of hydrogen-bond acceptors (Lipinski definition) is 3. The van der Waals surface area contributed by atoms with Crippen LogP contribution >= 0.6 is 0 Å². The van der Waals surface area contributed by atoms with E-state index in [4.69, 9.17) is 4.74 Å². The van der Waals surface area contributed by atoms with E-state index in [9.17, 15) is 9.90 Å². The predicted molar refractivity (Wildman–Crippen MR) is 54.0 cm³/mol. The summed E-state index contributed by atoms with van der Waals surface area (Å²) in [5, 5.41) is 9.56. The van der Waals surface area contributed by atoms with E-state index in [1.165, 1.54) is 0 Å². The normalized spacial score (nSPS) is 32.6. The molecule has 0 aromatic heterocycles. The molecule has 1 heterocycles. The summed E-state index contributed by atoms with van der Waals surface area (Å²) in [6.07, 6.45) is 3.75. The third-order valence-electron chi connectivity index (χ3n) is 2.40. The lowest BCUT2D eigenvalue weighted by Crippen LogP contribution is -2.36. The van der Waals surface area contributed by atoms with Crippen molar-refractivity contribution in [3.8, 4) is 0 Å². The molecule has 0 aromatic rings. The molecule has 0 amide bonds. The minimum Gasteiger partial charge on any atom is -0.393 e. The summed E-state index contributed by atoms with van der Waals surface area (Å²) in [6, 6.07) is 0.